The van der Waals surface area contributed by atoms with Crippen molar-refractivity contribution in [2.24, 2.45) is 0 Å². The minimum absolute atomic E-state index is 0.180. The van der Waals surface area contributed by atoms with Gasteiger partial charge in [0.1, 0.15) is 0 Å². The van der Waals surface area contributed by atoms with E-state index in [1.807, 2.05) is 31.2 Å². The number of rotatable bonds is 2. The quantitative estimate of drug-likeness (QED) is 0.921. The second kappa shape index (κ2) is 6.70. The minimum atomic E-state index is -0.365. The first kappa shape index (κ1) is 16.0. The summed E-state index contributed by atoms with van der Waals surface area (Å²) in [6.07, 6.45) is 3.52. The van der Waals surface area contributed by atoms with Crippen LogP contribution in [0.3, 0.4) is 0 Å². The lowest BCUT2D eigenvalue weighted by molar-refractivity contribution is 0.102. The summed E-state index contributed by atoms with van der Waals surface area (Å²) in [7, 11) is 1.36. The Morgan fingerprint density at radius 1 is 1.25 bits per heavy atom. The van der Waals surface area contributed by atoms with E-state index in [1.165, 1.54) is 7.11 Å². The Balaban J connectivity index is 1.84. The molecule has 3 rings (SSSR count). The molecule has 1 aromatic heterocycles. The van der Waals surface area contributed by atoms with Gasteiger partial charge in [-0.3, -0.25) is 9.78 Å². The number of hydrogen-bond acceptors (Lipinski definition) is 4. The van der Waals surface area contributed by atoms with Crippen molar-refractivity contribution >= 4 is 17.7 Å². The highest BCUT2D eigenvalue weighted by molar-refractivity contribution is 6.05. The maximum Gasteiger partial charge on any atom is 0.409 e. The zero-order chi connectivity index (χ0) is 17.1. The third kappa shape index (κ3) is 3.08. The van der Waals surface area contributed by atoms with Crippen molar-refractivity contribution < 1.29 is 14.3 Å². The van der Waals surface area contributed by atoms with Crippen LogP contribution < -0.4 is 5.32 Å². The second-order valence-corrected chi connectivity index (χ2v) is 5.74. The number of nitrogens with zero attached hydrogens (tertiary/aromatic N) is 2. The van der Waals surface area contributed by atoms with Crippen LogP contribution in [0.5, 0.6) is 0 Å². The highest BCUT2D eigenvalue weighted by Crippen LogP contribution is 2.23. The molecule has 2 amide bonds. The summed E-state index contributed by atoms with van der Waals surface area (Å²) >= 11 is 0. The fraction of sp³-hybridized carbons (Fsp3) is 0.278. The Hall–Kier alpha value is -2.89. The molecule has 0 aliphatic carbocycles. The Kier molecular flexibility index (Phi) is 4.46. The summed E-state index contributed by atoms with van der Waals surface area (Å²) in [4.78, 5) is 30.1. The molecule has 2 heterocycles. The van der Waals surface area contributed by atoms with Gasteiger partial charge in [-0.05, 0) is 36.1 Å². The van der Waals surface area contributed by atoms with Gasteiger partial charge in [-0.25, -0.2) is 4.79 Å². The molecule has 1 aromatic carbocycles. The number of para-hydroxylation sites is 1. The van der Waals surface area contributed by atoms with Crippen LogP contribution in [0, 0.1) is 6.92 Å². The number of anilines is 1. The fourth-order valence-corrected chi connectivity index (χ4v) is 2.88. The first-order valence-corrected chi connectivity index (χ1v) is 7.75. The number of amides is 2. The lowest BCUT2D eigenvalue weighted by Crippen LogP contribution is -2.36. The average molecular weight is 325 g/mol. The molecule has 0 spiro atoms. The lowest BCUT2D eigenvalue weighted by Gasteiger charge is -2.28. The number of carbonyl (C=O) groups is 2. The Morgan fingerprint density at radius 3 is 2.79 bits per heavy atom. The van der Waals surface area contributed by atoms with Crippen molar-refractivity contribution in [3.8, 4) is 0 Å². The van der Waals surface area contributed by atoms with Gasteiger partial charge < -0.3 is 15.0 Å². The normalized spacial score (nSPS) is 13.2. The van der Waals surface area contributed by atoms with E-state index in [0.717, 1.165) is 22.4 Å². The zero-order valence-corrected chi connectivity index (χ0v) is 13.7. The van der Waals surface area contributed by atoms with Crippen LogP contribution in [0.25, 0.3) is 0 Å². The molecule has 0 saturated heterocycles. The van der Waals surface area contributed by atoms with Gasteiger partial charge in [0.15, 0.2) is 0 Å². The number of pyridine rings is 1. The van der Waals surface area contributed by atoms with E-state index in [0.29, 0.717) is 25.1 Å². The van der Waals surface area contributed by atoms with Crippen LogP contribution in [-0.4, -0.2) is 35.5 Å². The van der Waals surface area contributed by atoms with Gasteiger partial charge in [-0.15, -0.1) is 0 Å². The first-order chi connectivity index (χ1) is 11.6. The fourth-order valence-electron chi connectivity index (χ4n) is 2.88. The SMILES string of the molecule is COC(=O)N1CCc2c(cncc2C(=O)Nc2ccccc2C)C1. The number of benzene rings is 1. The number of fused-ring (bicyclic) bond motifs is 1. The number of methoxy groups -OCH3 is 1. The summed E-state index contributed by atoms with van der Waals surface area (Å²) in [6.45, 7) is 2.87. The molecule has 1 aliphatic heterocycles. The molecule has 6 nitrogen and oxygen atoms in total. The van der Waals surface area contributed by atoms with E-state index in [-0.39, 0.29) is 12.0 Å². The Bertz CT molecular complexity index is 789. The van der Waals surface area contributed by atoms with Gasteiger partial charge in [-0.2, -0.15) is 0 Å². The van der Waals surface area contributed by atoms with Crippen molar-refractivity contribution in [2.75, 3.05) is 19.0 Å². The maximum absolute atomic E-state index is 12.7. The molecule has 0 atom stereocenters. The predicted molar refractivity (Wildman–Crippen MR) is 89.9 cm³/mol. The van der Waals surface area contributed by atoms with Gasteiger partial charge in [0.2, 0.25) is 0 Å². The summed E-state index contributed by atoms with van der Waals surface area (Å²) in [5, 5.41) is 2.94. The van der Waals surface area contributed by atoms with E-state index in [9.17, 15) is 9.59 Å². The number of aryl methyl sites for hydroxylation is 1. The molecule has 0 radical (unpaired) electrons. The largest absolute Gasteiger partial charge is 0.453 e. The van der Waals surface area contributed by atoms with Gasteiger partial charge in [0, 0.05) is 24.6 Å². The minimum Gasteiger partial charge on any atom is -0.453 e. The van der Waals surface area contributed by atoms with Crippen LogP contribution in [-0.2, 0) is 17.7 Å². The molecule has 124 valence electrons. The van der Waals surface area contributed by atoms with Crippen LogP contribution in [0.15, 0.2) is 36.7 Å². The lowest BCUT2D eigenvalue weighted by atomic mass is 9.97. The standard InChI is InChI=1S/C18H19N3O3/c1-12-5-3-4-6-16(12)20-17(22)15-10-19-9-13-11-21(18(23)24-2)8-7-14(13)15/h3-6,9-10H,7-8,11H2,1-2H3,(H,20,22). The molecule has 24 heavy (non-hydrogen) atoms. The first-order valence-electron chi connectivity index (χ1n) is 7.75. The summed E-state index contributed by atoms with van der Waals surface area (Å²) in [5.41, 5.74) is 4.16. The van der Waals surface area contributed by atoms with Crippen molar-refractivity contribution in [3.05, 3.63) is 58.9 Å². The molecule has 0 unspecified atom stereocenters. The van der Waals surface area contributed by atoms with Crippen LogP contribution in [0.2, 0.25) is 0 Å². The van der Waals surface area contributed by atoms with Crippen molar-refractivity contribution in [1.29, 1.82) is 0 Å². The predicted octanol–water partition coefficient (Wildman–Crippen LogP) is 2.77. The molecule has 1 aliphatic rings. The highest BCUT2D eigenvalue weighted by atomic mass is 16.5. The van der Waals surface area contributed by atoms with Crippen LogP contribution >= 0.6 is 0 Å². The monoisotopic (exact) mass is 325 g/mol. The van der Waals surface area contributed by atoms with Crippen LogP contribution in [0.1, 0.15) is 27.0 Å². The molecule has 0 saturated carbocycles. The number of nitrogens with one attached hydrogen (secondary N) is 1. The summed E-state index contributed by atoms with van der Waals surface area (Å²) in [5.74, 6) is -0.180. The number of carbonyl (C=O) groups excluding carboxylic acids is 2. The molecule has 2 aromatic rings. The molecule has 6 heteroatoms. The average Bonchev–Trinajstić information content (AvgIpc) is 2.61. The van der Waals surface area contributed by atoms with E-state index in [4.69, 9.17) is 4.74 Å². The summed E-state index contributed by atoms with van der Waals surface area (Å²) < 4.78 is 4.76. The molecule has 1 N–H and O–H groups in total. The molecule has 0 bridgehead atoms. The van der Waals surface area contributed by atoms with Gasteiger partial charge in [0.25, 0.3) is 5.91 Å². The van der Waals surface area contributed by atoms with E-state index in [2.05, 4.69) is 10.3 Å². The third-order valence-electron chi connectivity index (χ3n) is 4.21. The van der Waals surface area contributed by atoms with E-state index in [1.54, 1.807) is 17.3 Å². The smallest absolute Gasteiger partial charge is 0.409 e. The van der Waals surface area contributed by atoms with Crippen molar-refractivity contribution in [2.45, 2.75) is 19.9 Å². The van der Waals surface area contributed by atoms with E-state index < -0.39 is 0 Å². The number of aromatic nitrogens is 1. The molecular weight excluding hydrogens is 306 g/mol. The second-order valence-electron chi connectivity index (χ2n) is 5.74. The van der Waals surface area contributed by atoms with Crippen molar-refractivity contribution in [1.82, 2.24) is 9.88 Å². The Morgan fingerprint density at radius 2 is 2.04 bits per heavy atom. The molecule has 0 fully saturated rings. The van der Waals surface area contributed by atoms with Gasteiger partial charge in [0.05, 0.1) is 19.2 Å². The van der Waals surface area contributed by atoms with E-state index >= 15 is 0 Å². The van der Waals surface area contributed by atoms with Crippen LogP contribution in [0.4, 0.5) is 10.5 Å². The Labute approximate surface area is 140 Å². The number of ether oxygens (including phenoxy) is 1. The maximum atomic E-state index is 12.7. The van der Waals surface area contributed by atoms with Gasteiger partial charge in [-0.1, -0.05) is 18.2 Å². The highest BCUT2D eigenvalue weighted by Gasteiger charge is 2.25. The number of hydrogen-bond donors (Lipinski definition) is 1. The van der Waals surface area contributed by atoms with Crippen molar-refractivity contribution in [3.63, 3.8) is 0 Å². The molecular formula is C18H19N3O3. The summed E-state index contributed by atoms with van der Waals surface area (Å²) in [6, 6.07) is 7.63. The third-order valence-corrected chi connectivity index (χ3v) is 4.21. The topological polar surface area (TPSA) is 71.5 Å². The zero-order valence-electron chi connectivity index (χ0n) is 13.7. The van der Waals surface area contributed by atoms with Gasteiger partial charge >= 0.3 is 6.09 Å².